The van der Waals surface area contributed by atoms with Crippen molar-refractivity contribution in [2.24, 2.45) is 0 Å². The number of pyridine rings is 1. The molecule has 0 unspecified atom stereocenters. The van der Waals surface area contributed by atoms with Gasteiger partial charge in [-0.05, 0) is 42.0 Å². The van der Waals surface area contributed by atoms with Crippen molar-refractivity contribution < 1.29 is 9.21 Å². The third kappa shape index (κ3) is 3.66. The van der Waals surface area contributed by atoms with Crippen molar-refractivity contribution in [1.82, 2.24) is 4.98 Å². The summed E-state index contributed by atoms with van der Waals surface area (Å²) in [5, 5.41) is 1.28. The summed E-state index contributed by atoms with van der Waals surface area (Å²) in [7, 11) is 0. The molecule has 0 saturated heterocycles. The zero-order valence-corrected chi connectivity index (χ0v) is 15.5. The largest absolute Gasteiger partial charge is 0.422 e. The standard InChI is InChI=1S/C22H15ClN2O3/c23-17-10-8-15(9-11-17)14-25(20-7-3-4-12-24-20)21(26)18-13-16-5-1-2-6-19(16)28-22(18)27/h1-13H,14H2. The van der Waals surface area contributed by atoms with Gasteiger partial charge in [0.1, 0.15) is 17.0 Å². The smallest absolute Gasteiger partial charge is 0.349 e. The fraction of sp³-hybridized carbons (Fsp3) is 0.0455. The first-order chi connectivity index (χ1) is 13.6. The SMILES string of the molecule is O=C(c1cc2ccccc2oc1=O)N(Cc1ccc(Cl)cc1)c1ccccn1. The summed E-state index contributed by atoms with van der Waals surface area (Å²) < 4.78 is 5.32. The van der Waals surface area contributed by atoms with Crippen molar-refractivity contribution in [2.75, 3.05) is 4.90 Å². The quantitative estimate of drug-likeness (QED) is 0.474. The van der Waals surface area contributed by atoms with Crippen molar-refractivity contribution in [2.45, 2.75) is 6.54 Å². The average Bonchev–Trinajstić information content (AvgIpc) is 2.73. The zero-order chi connectivity index (χ0) is 19.5. The number of fused-ring (bicyclic) bond motifs is 1. The van der Waals surface area contributed by atoms with Crippen LogP contribution in [0.25, 0.3) is 11.0 Å². The lowest BCUT2D eigenvalue weighted by molar-refractivity contribution is 0.0981. The average molecular weight is 391 g/mol. The molecule has 0 N–H and O–H groups in total. The van der Waals surface area contributed by atoms with E-state index in [9.17, 15) is 9.59 Å². The van der Waals surface area contributed by atoms with E-state index in [0.717, 1.165) is 5.56 Å². The van der Waals surface area contributed by atoms with Crippen molar-refractivity contribution in [1.29, 1.82) is 0 Å². The van der Waals surface area contributed by atoms with E-state index < -0.39 is 11.5 Å². The predicted octanol–water partition coefficient (Wildman–Crippen LogP) is 4.69. The van der Waals surface area contributed by atoms with Gasteiger partial charge in [0.15, 0.2) is 0 Å². The van der Waals surface area contributed by atoms with Crippen LogP contribution >= 0.6 is 11.6 Å². The molecule has 0 atom stereocenters. The lowest BCUT2D eigenvalue weighted by Gasteiger charge is -2.21. The molecule has 0 aliphatic carbocycles. The summed E-state index contributed by atoms with van der Waals surface area (Å²) in [6.07, 6.45) is 1.60. The van der Waals surface area contributed by atoms with Gasteiger partial charge >= 0.3 is 5.63 Å². The molecule has 4 rings (SSSR count). The van der Waals surface area contributed by atoms with Crippen molar-refractivity contribution >= 4 is 34.3 Å². The van der Waals surface area contributed by atoms with E-state index in [4.69, 9.17) is 16.0 Å². The molecule has 0 radical (unpaired) electrons. The molecule has 28 heavy (non-hydrogen) atoms. The second-order valence-electron chi connectivity index (χ2n) is 6.19. The van der Waals surface area contributed by atoms with Crippen molar-refractivity contribution in [3.05, 3.63) is 106 Å². The minimum atomic E-state index is -0.680. The van der Waals surface area contributed by atoms with Crippen LogP contribution in [0.2, 0.25) is 5.02 Å². The first kappa shape index (κ1) is 17.9. The highest BCUT2D eigenvalue weighted by atomic mass is 35.5. The number of carbonyl (C=O) groups is 1. The molecule has 2 aromatic heterocycles. The highest BCUT2D eigenvalue weighted by Gasteiger charge is 2.23. The molecule has 0 saturated carbocycles. The highest BCUT2D eigenvalue weighted by molar-refractivity contribution is 6.30. The van der Waals surface area contributed by atoms with E-state index in [1.165, 1.54) is 4.90 Å². The van der Waals surface area contributed by atoms with Crippen molar-refractivity contribution in [3.63, 3.8) is 0 Å². The molecule has 0 aliphatic rings. The first-order valence-corrected chi connectivity index (χ1v) is 9.00. The molecule has 0 spiro atoms. The van der Waals surface area contributed by atoms with Crippen LogP contribution in [0.5, 0.6) is 0 Å². The number of hydrogen-bond acceptors (Lipinski definition) is 4. The molecule has 4 aromatic rings. The Morgan fingerprint density at radius 1 is 1.00 bits per heavy atom. The Labute approximate surface area is 165 Å². The molecule has 5 nitrogen and oxygen atoms in total. The van der Waals surface area contributed by atoms with Crippen LogP contribution in [-0.4, -0.2) is 10.9 Å². The minimum Gasteiger partial charge on any atom is -0.422 e. The van der Waals surface area contributed by atoms with E-state index in [1.807, 2.05) is 18.2 Å². The van der Waals surface area contributed by atoms with Gasteiger partial charge in [0.05, 0.1) is 6.54 Å². The van der Waals surface area contributed by atoms with E-state index >= 15 is 0 Å². The summed E-state index contributed by atoms with van der Waals surface area (Å²) in [6.45, 7) is 0.235. The molecule has 0 fully saturated rings. The summed E-state index contributed by atoms with van der Waals surface area (Å²) in [4.78, 5) is 31.5. The second-order valence-corrected chi connectivity index (χ2v) is 6.63. The van der Waals surface area contributed by atoms with Gasteiger partial charge in [0.2, 0.25) is 0 Å². The number of aromatic nitrogens is 1. The number of para-hydroxylation sites is 1. The Bertz CT molecular complexity index is 1190. The predicted molar refractivity (Wildman–Crippen MR) is 109 cm³/mol. The number of hydrogen-bond donors (Lipinski definition) is 0. The number of amides is 1. The van der Waals surface area contributed by atoms with E-state index in [1.54, 1.807) is 60.8 Å². The van der Waals surface area contributed by atoms with Crippen LogP contribution in [-0.2, 0) is 6.54 Å². The number of rotatable bonds is 4. The Hall–Kier alpha value is -3.44. The number of benzene rings is 2. The maximum Gasteiger partial charge on any atom is 0.349 e. The third-order valence-corrected chi connectivity index (χ3v) is 4.55. The third-order valence-electron chi connectivity index (χ3n) is 4.30. The first-order valence-electron chi connectivity index (χ1n) is 8.62. The summed E-state index contributed by atoms with van der Waals surface area (Å²) in [6, 6.07) is 21.1. The molecule has 0 aliphatic heterocycles. The molecule has 1 amide bonds. The van der Waals surface area contributed by atoms with Crippen LogP contribution in [0.1, 0.15) is 15.9 Å². The fourth-order valence-electron chi connectivity index (χ4n) is 2.90. The minimum absolute atomic E-state index is 0.0432. The monoisotopic (exact) mass is 390 g/mol. The number of nitrogens with zero attached hydrogens (tertiary/aromatic N) is 2. The lowest BCUT2D eigenvalue weighted by Crippen LogP contribution is -2.34. The van der Waals surface area contributed by atoms with Gasteiger partial charge in [0.25, 0.3) is 5.91 Å². The van der Waals surface area contributed by atoms with Crippen LogP contribution in [0, 0.1) is 0 Å². The van der Waals surface area contributed by atoms with Gasteiger partial charge in [-0.2, -0.15) is 0 Å². The number of halogens is 1. The zero-order valence-electron chi connectivity index (χ0n) is 14.7. The van der Waals surface area contributed by atoms with Gasteiger partial charge in [-0.25, -0.2) is 9.78 Å². The van der Waals surface area contributed by atoms with Crippen molar-refractivity contribution in [3.8, 4) is 0 Å². The van der Waals surface area contributed by atoms with Crippen LogP contribution in [0.3, 0.4) is 0 Å². The Morgan fingerprint density at radius 2 is 1.75 bits per heavy atom. The lowest BCUT2D eigenvalue weighted by atomic mass is 10.1. The van der Waals surface area contributed by atoms with Gasteiger partial charge < -0.3 is 4.42 Å². The van der Waals surface area contributed by atoms with Crippen LogP contribution in [0.15, 0.2) is 88.2 Å². The van der Waals surface area contributed by atoms with Gasteiger partial charge in [-0.1, -0.05) is 48.0 Å². The number of carbonyl (C=O) groups excluding carboxylic acids is 1. The maximum atomic E-state index is 13.3. The summed E-state index contributed by atoms with van der Waals surface area (Å²) >= 11 is 5.95. The Morgan fingerprint density at radius 3 is 2.50 bits per heavy atom. The molecule has 6 heteroatoms. The normalized spacial score (nSPS) is 10.8. The molecule has 2 aromatic carbocycles. The van der Waals surface area contributed by atoms with Crippen LogP contribution < -0.4 is 10.5 Å². The number of anilines is 1. The second kappa shape index (κ2) is 7.66. The highest BCUT2D eigenvalue weighted by Crippen LogP contribution is 2.20. The van der Waals surface area contributed by atoms with E-state index in [-0.39, 0.29) is 12.1 Å². The van der Waals surface area contributed by atoms with Crippen LogP contribution in [0.4, 0.5) is 5.82 Å². The Kier molecular flexibility index (Phi) is 4.91. The summed E-state index contributed by atoms with van der Waals surface area (Å²) in [5.74, 6) is -0.0387. The molecule has 2 heterocycles. The maximum absolute atomic E-state index is 13.3. The van der Waals surface area contributed by atoms with Gasteiger partial charge in [-0.3, -0.25) is 9.69 Å². The van der Waals surface area contributed by atoms with Gasteiger partial charge in [0, 0.05) is 16.6 Å². The molecule has 138 valence electrons. The molecular weight excluding hydrogens is 376 g/mol. The van der Waals surface area contributed by atoms with E-state index in [2.05, 4.69) is 4.98 Å². The molecule has 0 bridgehead atoms. The summed E-state index contributed by atoms with van der Waals surface area (Å²) in [5.41, 5.74) is 0.568. The molecular formula is C22H15ClN2O3. The Balaban J connectivity index is 1.77. The topological polar surface area (TPSA) is 63.4 Å². The van der Waals surface area contributed by atoms with Gasteiger partial charge in [-0.15, -0.1) is 0 Å². The van der Waals surface area contributed by atoms with E-state index in [0.29, 0.717) is 21.8 Å². The fourth-order valence-corrected chi connectivity index (χ4v) is 3.03.